The van der Waals surface area contributed by atoms with Crippen molar-refractivity contribution in [2.45, 2.75) is 39.2 Å². The number of rotatable bonds is 8. The maximum absolute atomic E-state index is 12.1. The number of carbonyl (C=O) groups is 3. The monoisotopic (exact) mass is 411 g/mol. The van der Waals surface area contributed by atoms with Gasteiger partial charge in [0.05, 0.1) is 7.11 Å². The minimum absolute atomic E-state index is 0.152. The van der Waals surface area contributed by atoms with Crippen molar-refractivity contribution in [3.63, 3.8) is 0 Å². The van der Waals surface area contributed by atoms with Crippen LogP contribution in [-0.4, -0.2) is 36.9 Å². The molecule has 0 aromatic heterocycles. The number of benzene rings is 2. The Morgan fingerprint density at radius 3 is 2.00 bits per heavy atom. The molecule has 0 unspecified atom stereocenters. The van der Waals surface area contributed by atoms with E-state index >= 15 is 0 Å². The molecule has 7 heteroatoms. The Hall–Kier alpha value is -3.35. The minimum Gasteiger partial charge on any atom is -0.497 e. The third kappa shape index (κ3) is 7.58. The molecule has 0 aliphatic carbocycles. The van der Waals surface area contributed by atoms with Crippen LogP contribution in [0.5, 0.6) is 5.75 Å². The highest BCUT2D eigenvalue weighted by molar-refractivity contribution is 5.96. The lowest BCUT2D eigenvalue weighted by Gasteiger charge is -2.20. The Morgan fingerprint density at radius 1 is 0.867 bits per heavy atom. The molecule has 0 heterocycles. The van der Waals surface area contributed by atoms with Gasteiger partial charge in [-0.25, -0.2) is 0 Å². The van der Waals surface area contributed by atoms with Gasteiger partial charge in [0.15, 0.2) is 0 Å². The predicted octanol–water partition coefficient (Wildman–Crippen LogP) is 3.37. The lowest BCUT2D eigenvalue weighted by atomic mass is 10.1. The van der Waals surface area contributed by atoms with Crippen LogP contribution in [-0.2, 0) is 4.79 Å². The summed E-state index contributed by atoms with van der Waals surface area (Å²) in [5, 5.41) is 8.47. The fraction of sp³-hybridized carbons (Fsp3) is 0.348. The van der Waals surface area contributed by atoms with E-state index in [0.29, 0.717) is 35.5 Å². The van der Waals surface area contributed by atoms with E-state index in [2.05, 4.69) is 16.0 Å². The Bertz CT molecular complexity index is 869. The smallest absolute Gasteiger partial charge is 0.251 e. The minimum atomic E-state index is -0.313. The van der Waals surface area contributed by atoms with Gasteiger partial charge in [-0.15, -0.1) is 0 Å². The highest BCUT2D eigenvalue weighted by Crippen LogP contribution is 2.12. The van der Waals surface area contributed by atoms with E-state index in [1.165, 1.54) is 0 Å². The van der Waals surface area contributed by atoms with Crippen LogP contribution in [0.3, 0.4) is 0 Å². The van der Waals surface area contributed by atoms with Crippen LogP contribution >= 0.6 is 0 Å². The van der Waals surface area contributed by atoms with E-state index in [4.69, 9.17) is 4.74 Å². The first kappa shape index (κ1) is 22.9. The van der Waals surface area contributed by atoms with Gasteiger partial charge in [0, 0.05) is 35.3 Å². The van der Waals surface area contributed by atoms with Crippen LogP contribution in [0, 0.1) is 0 Å². The summed E-state index contributed by atoms with van der Waals surface area (Å²) in [4.78, 5) is 36.3. The molecule has 0 saturated carbocycles. The summed E-state index contributed by atoms with van der Waals surface area (Å²) in [7, 11) is 1.57. The number of amides is 3. The second-order valence-corrected chi connectivity index (χ2v) is 7.92. The zero-order chi connectivity index (χ0) is 22.1. The first-order chi connectivity index (χ1) is 14.2. The fourth-order valence-electron chi connectivity index (χ4n) is 2.64. The van der Waals surface area contributed by atoms with Crippen LogP contribution in [0.4, 0.5) is 5.69 Å². The summed E-state index contributed by atoms with van der Waals surface area (Å²) in [5.41, 5.74) is 1.38. The normalized spacial score (nSPS) is 10.8. The molecule has 0 bridgehead atoms. The van der Waals surface area contributed by atoms with Gasteiger partial charge in [0.1, 0.15) is 5.75 Å². The van der Waals surface area contributed by atoms with Gasteiger partial charge in [-0.3, -0.25) is 14.4 Å². The molecular weight excluding hydrogens is 382 g/mol. The van der Waals surface area contributed by atoms with Gasteiger partial charge in [0.2, 0.25) is 5.91 Å². The highest BCUT2D eigenvalue weighted by Gasteiger charge is 2.15. The first-order valence-corrected chi connectivity index (χ1v) is 9.82. The number of ether oxygens (including phenoxy) is 1. The Balaban J connectivity index is 1.72. The van der Waals surface area contributed by atoms with Crippen molar-refractivity contribution in [2.75, 3.05) is 19.0 Å². The topological polar surface area (TPSA) is 96.5 Å². The molecule has 0 aliphatic rings. The summed E-state index contributed by atoms with van der Waals surface area (Å²) in [5.74, 6) is 0.182. The zero-order valence-corrected chi connectivity index (χ0v) is 17.9. The Kier molecular flexibility index (Phi) is 7.98. The van der Waals surface area contributed by atoms with Gasteiger partial charge >= 0.3 is 0 Å². The molecular formula is C23H29N3O4. The molecule has 30 heavy (non-hydrogen) atoms. The van der Waals surface area contributed by atoms with Gasteiger partial charge in [0.25, 0.3) is 11.8 Å². The van der Waals surface area contributed by atoms with E-state index in [1.807, 2.05) is 20.8 Å². The summed E-state index contributed by atoms with van der Waals surface area (Å²) >= 11 is 0. The van der Waals surface area contributed by atoms with E-state index < -0.39 is 0 Å². The molecule has 160 valence electrons. The maximum atomic E-state index is 12.1. The molecule has 3 N–H and O–H groups in total. The van der Waals surface area contributed by atoms with Crippen molar-refractivity contribution in [1.29, 1.82) is 0 Å². The molecule has 0 fully saturated rings. The summed E-state index contributed by atoms with van der Waals surface area (Å²) in [6.45, 7) is 6.14. The van der Waals surface area contributed by atoms with Crippen LogP contribution in [0.15, 0.2) is 48.5 Å². The molecule has 2 aromatic carbocycles. The molecule has 3 amide bonds. The second-order valence-electron chi connectivity index (χ2n) is 7.92. The number of hydrogen-bond acceptors (Lipinski definition) is 4. The van der Waals surface area contributed by atoms with Crippen molar-refractivity contribution >= 4 is 23.4 Å². The number of hydrogen-bond donors (Lipinski definition) is 3. The average molecular weight is 412 g/mol. The third-order valence-electron chi connectivity index (χ3n) is 4.14. The SMILES string of the molecule is COc1ccc(C(=O)NCCCC(=O)Nc2ccc(C(=O)NC(C)(C)C)cc2)cc1. The molecule has 0 saturated heterocycles. The Labute approximate surface area is 177 Å². The lowest BCUT2D eigenvalue weighted by molar-refractivity contribution is -0.116. The average Bonchev–Trinajstić information content (AvgIpc) is 2.70. The zero-order valence-electron chi connectivity index (χ0n) is 17.9. The van der Waals surface area contributed by atoms with Crippen LogP contribution in [0.25, 0.3) is 0 Å². The summed E-state index contributed by atoms with van der Waals surface area (Å²) < 4.78 is 5.06. The van der Waals surface area contributed by atoms with E-state index in [1.54, 1.807) is 55.6 Å². The fourth-order valence-corrected chi connectivity index (χ4v) is 2.64. The summed E-state index contributed by atoms with van der Waals surface area (Å²) in [6, 6.07) is 13.6. The largest absolute Gasteiger partial charge is 0.497 e. The van der Waals surface area contributed by atoms with Gasteiger partial charge in [-0.2, -0.15) is 0 Å². The number of carbonyl (C=O) groups excluding carboxylic acids is 3. The quantitative estimate of drug-likeness (QED) is 0.580. The highest BCUT2D eigenvalue weighted by atomic mass is 16.5. The van der Waals surface area contributed by atoms with E-state index in [-0.39, 0.29) is 29.7 Å². The predicted molar refractivity (Wildman–Crippen MR) is 117 cm³/mol. The molecule has 0 aliphatic heterocycles. The van der Waals surface area contributed by atoms with Crippen molar-refractivity contribution in [3.05, 3.63) is 59.7 Å². The number of methoxy groups -OCH3 is 1. The molecule has 0 radical (unpaired) electrons. The van der Waals surface area contributed by atoms with Crippen molar-refractivity contribution in [3.8, 4) is 5.75 Å². The van der Waals surface area contributed by atoms with E-state index in [0.717, 1.165) is 0 Å². The van der Waals surface area contributed by atoms with Crippen molar-refractivity contribution < 1.29 is 19.1 Å². The molecule has 2 rings (SSSR count). The lowest BCUT2D eigenvalue weighted by Crippen LogP contribution is -2.40. The maximum Gasteiger partial charge on any atom is 0.251 e. The number of anilines is 1. The van der Waals surface area contributed by atoms with Crippen LogP contribution in [0.2, 0.25) is 0 Å². The van der Waals surface area contributed by atoms with E-state index in [9.17, 15) is 14.4 Å². The first-order valence-electron chi connectivity index (χ1n) is 9.82. The molecule has 0 spiro atoms. The van der Waals surface area contributed by atoms with Crippen molar-refractivity contribution in [2.24, 2.45) is 0 Å². The van der Waals surface area contributed by atoms with Gasteiger partial charge in [-0.05, 0) is 75.7 Å². The number of nitrogens with one attached hydrogen (secondary N) is 3. The van der Waals surface area contributed by atoms with Crippen LogP contribution in [0.1, 0.15) is 54.3 Å². The summed E-state index contributed by atoms with van der Waals surface area (Å²) in [6.07, 6.45) is 0.787. The van der Waals surface area contributed by atoms with Gasteiger partial charge in [-0.1, -0.05) is 0 Å². The van der Waals surface area contributed by atoms with Crippen LogP contribution < -0.4 is 20.7 Å². The van der Waals surface area contributed by atoms with Crippen molar-refractivity contribution in [1.82, 2.24) is 10.6 Å². The second kappa shape index (κ2) is 10.4. The van der Waals surface area contributed by atoms with Gasteiger partial charge < -0.3 is 20.7 Å². The standard InChI is InChI=1S/C23H29N3O4/c1-23(2,3)26-22(29)17-7-11-18(12-8-17)25-20(27)6-5-15-24-21(28)16-9-13-19(30-4)14-10-16/h7-14H,5-6,15H2,1-4H3,(H,24,28)(H,25,27)(H,26,29). The molecule has 0 atom stereocenters. The molecule has 7 nitrogen and oxygen atoms in total. The Morgan fingerprint density at radius 2 is 1.43 bits per heavy atom. The third-order valence-corrected chi connectivity index (χ3v) is 4.14. The molecule has 2 aromatic rings.